The van der Waals surface area contributed by atoms with Gasteiger partial charge in [-0.05, 0) is 51.6 Å². The molecule has 0 unspecified atom stereocenters. The molecule has 0 aliphatic rings. The minimum Gasteiger partial charge on any atom is -0.488 e. The average Bonchev–Trinajstić information content (AvgIpc) is 2.77. The molecule has 2 N–H and O–H groups in total. The van der Waals surface area contributed by atoms with Crippen LogP contribution in [-0.4, -0.2) is 17.3 Å². The van der Waals surface area contributed by atoms with E-state index in [4.69, 9.17) is 15.0 Å². The lowest BCUT2D eigenvalue weighted by Gasteiger charge is -2.21. The monoisotopic (exact) mass is 260 g/mol. The molecule has 0 atom stereocenters. The van der Waals surface area contributed by atoms with Gasteiger partial charge in [-0.25, -0.2) is 0 Å². The molecule has 2 aromatic rings. The smallest absolute Gasteiger partial charge is 0.167 e. The summed E-state index contributed by atoms with van der Waals surface area (Å²) in [5.74, 6) is 1.60. The lowest BCUT2D eigenvalue weighted by atomic mass is 10.1. The highest BCUT2D eigenvalue weighted by Gasteiger charge is 2.12. The fraction of sp³-hybridized carbons (Fsp3) is 0.400. The number of ether oxygens (including phenoxy) is 1. The van der Waals surface area contributed by atoms with Crippen molar-refractivity contribution in [2.45, 2.75) is 32.8 Å². The molecule has 4 heteroatoms. The molecular formula is C15H20N2O2. The first-order valence-corrected chi connectivity index (χ1v) is 6.43. The third-order valence-electron chi connectivity index (χ3n) is 2.52. The Morgan fingerprint density at radius 1 is 1.21 bits per heavy atom. The Balaban J connectivity index is 2.13. The molecule has 0 bridgehead atoms. The summed E-state index contributed by atoms with van der Waals surface area (Å²) in [6.07, 6.45) is 0.731. The van der Waals surface area contributed by atoms with Crippen LogP contribution in [0.1, 0.15) is 26.5 Å². The maximum Gasteiger partial charge on any atom is 0.167 e. The standard InChI is InChI=1S/C15H20N2O2/c1-15(2,3)18-13-6-4-11(5-7-13)14-10-12(8-9-16)17-19-14/h4-7,10H,8-9,16H2,1-3H3. The fourth-order valence-electron chi connectivity index (χ4n) is 1.75. The van der Waals surface area contributed by atoms with Crippen LogP contribution in [0.4, 0.5) is 0 Å². The number of benzene rings is 1. The van der Waals surface area contributed by atoms with Gasteiger partial charge >= 0.3 is 0 Å². The molecule has 0 spiro atoms. The van der Waals surface area contributed by atoms with E-state index in [-0.39, 0.29) is 5.60 Å². The summed E-state index contributed by atoms with van der Waals surface area (Å²) in [4.78, 5) is 0. The molecule has 0 fully saturated rings. The molecule has 1 aromatic carbocycles. The number of hydrogen-bond acceptors (Lipinski definition) is 4. The van der Waals surface area contributed by atoms with Crippen molar-refractivity contribution in [1.82, 2.24) is 5.16 Å². The van der Waals surface area contributed by atoms with Gasteiger partial charge in [0, 0.05) is 18.1 Å². The quantitative estimate of drug-likeness (QED) is 0.918. The second kappa shape index (κ2) is 5.45. The largest absolute Gasteiger partial charge is 0.488 e. The average molecular weight is 260 g/mol. The molecule has 102 valence electrons. The van der Waals surface area contributed by atoms with Crippen molar-refractivity contribution in [2.24, 2.45) is 5.73 Å². The van der Waals surface area contributed by atoms with Crippen molar-refractivity contribution in [3.63, 3.8) is 0 Å². The van der Waals surface area contributed by atoms with E-state index in [9.17, 15) is 0 Å². The second-order valence-corrected chi connectivity index (χ2v) is 5.46. The van der Waals surface area contributed by atoms with Crippen LogP contribution in [0.15, 0.2) is 34.9 Å². The molecule has 4 nitrogen and oxygen atoms in total. The Hall–Kier alpha value is -1.81. The van der Waals surface area contributed by atoms with Crippen LogP contribution in [0.2, 0.25) is 0 Å². The summed E-state index contributed by atoms with van der Waals surface area (Å²) in [5.41, 5.74) is 7.16. The van der Waals surface area contributed by atoms with Gasteiger partial charge in [-0.3, -0.25) is 0 Å². The zero-order valence-electron chi connectivity index (χ0n) is 11.6. The molecule has 1 aromatic heterocycles. The molecule has 0 radical (unpaired) electrons. The summed E-state index contributed by atoms with van der Waals surface area (Å²) in [6.45, 7) is 6.65. The number of aromatic nitrogens is 1. The third kappa shape index (κ3) is 3.83. The van der Waals surface area contributed by atoms with E-state index >= 15 is 0 Å². The number of rotatable bonds is 4. The van der Waals surface area contributed by atoms with Crippen molar-refractivity contribution in [3.8, 4) is 17.1 Å². The second-order valence-electron chi connectivity index (χ2n) is 5.46. The molecule has 2 rings (SSSR count). The molecule has 0 saturated heterocycles. The minimum atomic E-state index is -0.192. The lowest BCUT2D eigenvalue weighted by molar-refractivity contribution is 0.131. The Labute approximate surface area is 113 Å². The Kier molecular flexibility index (Phi) is 3.90. The first-order chi connectivity index (χ1) is 8.98. The van der Waals surface area contributed by atoms with E-state index in [0.717, 1.165) is 29.2 Å². The Morgan fingerprint density at radius 2 is 1.89 bits per heavy atom. The van der Waals surface area contributed by atoms with Gasteiger partial charge in [-0.1, -0.05) is 5.16 Å². The highest BCUT2D eigenvalue weighted by Crippen LogP contribution is 2.25. The Bertz CT molecular complexity index is 524. The molecule has 1 heterocycles. The van der Waals surface area contributed by atoms with Gasteiger partial charge in [-0.2, -0.15) is 0 Å². The van der Waals surface area contributed by atoms with Crippen LogP contribution < -0.4 is 10.5 Å². The van der Waals surface area contributed by atoms with Gasteiger partial charge in [0.2, 0.25) is 0 Å². The fourth-order valence-corrected chi connectivity index (χ4v) is 1.75. The van der Waals surface area contributed by atoms with Crippen LogP contribution in [0.5, 0.6) is 5.75 Å². The van der Waals surface area contributed by atoms with Gasteiger partial charge in [0.15, 0.2) is 5.76 Å². The van der Waals surface area contributed by atoms with Crippen LogP contribution in [0.25, 0.3) is 11.3 Å². The molecule has 0 saturated carbocycles. The number of nitrogens with zero attached hydrogens (tertiary/aromatic N) is 1. The van der Waals surface area contributed by atoms with Crippen molar-refractivity contribution in [2.75, 3.05) is 6.54 Å². The van der Waals surface area contributed by atoms with Crippen molar-refractivity contribution >= 4 is 0 Å². The predicted molar refractivity (Wildman–Crippen MR) is 75.1 cm³/mol. The highest BCUT2D eigenvalue weighted by molar-refractivity contribution is 5.58. The molecule has 19 heavy (non-hydrogen) atoms. The van der Waals surface area contributed by atoms with E-state index in [0.29, 0.717) is 6.54 Å². The van der Waals surface area contributed by atoms with Gasteiger partial charge in [0.25, 0.3) is 0 Å². The number of hydrogen-bond donors (Lipinski definition) is 1. The molecule has 0 amide bonds. The van der Waals surface area contributed by atoms with E-state index in [1.807, 2.05) is 51.1 Å². The van der Waals surface area contributed by atoms with Gasteiger partial charge in [0.05, 0.1) is 5.69 Å². The summed E-state index contributed by atoms with van der Waals surface area (Å²) < 4.78 is 11.1. The molecule has 0 aliphatic heterocycles. The topological polar surface area (TPSA) is 61.3 Å². The van der Waals surface area contributed by atoms with Crippen molar-refractivity contribution in [1.29, 1.82) is 0 Å². The van der Waals surface area contributed by atoms with E-state index < -0.39 is 0 Å². The predicted octanol–water partition coefficient (Wildman–Crippen LogP) is 3.02. The lowest BCUT2D eigenvalue weighted by Crippen LogP contribution is -2.22. The third-order valence-corrected chi connectivity index (χ3v) is 2.52. The maximum atomic E-state index is 5.77. The van der Waals surface area contributed by atoms with E-state index in [1.165, 1.54) is 0 Å². The van der Waals surface area contributed by atoms with Crippen LogP contribution in [-0.2, 0) is 6.42 Å². The Morgan fingerprint density at radius 3 is 2.47 bits per heavy atom. The zero-order chi connectivity index (χ0) is 13.9. The SMILES string of the molecule is CC(C)(C)Oc1ccc(-c2cc(CCN)no2)cc1. The first-order valence-electron chi connectivity index (χ1n) is 6.43. The van der Waals surface area contributed by atoms with Gasteiger partial charge < -0.3 is 15.0 Å². The summed E-state index contributed by atoms with van der Waals surface area (Å²) in [6, 6.07) is 9.73. The van der Waals surface area contributed by atoms with E-state index in [1.54, 1.807) is 0 Å². The molecule has 0 aliphatic carbocycles. The van der Waals surface area contributed by atoms with Crippen LogP contribution >= 0.6 is 0 Å². The van der Waals surface area contributed by atoms with Crippen LogP contribution in [0, 0.1) is 0 Å². The summed E-state index contributed by atoms with van der Waals surface area (Å²) in [7, 11) is 0. The summed E-state index contributed by atoms with van der Waals surface area (Å²) in [5, 5.41) is 3.98. The zero-order valence-corrected chi connectivity index (χ0v) is 11.6. The first kappa shape index (κ1) is 13.6. The van der Waals surface area contributed by atoms with Gasteiger partial charge in [-0.15, -0.1) is 0 Å². The van der Waals surface area contributed by atoms with Crippen molar-refractivity contribution in [3.05, 3.63) is 36.0 Å². The van der Waals surface area contributed by atoms with Crippen molar-refractivity contribution < 1.29 is 9.26 Å². The molecular weight excluding hydrogens is 240 g/mol. The maximum absolute atomic E-state index is 5.77. The number of nitrogens with two attached hydrogens (primary N) is 1. The minimum absolute atomic E-state index is 0.192. The van der Waals surface area contributed by atoms with Crippen LogP contribution in [0.3, 0.4) is 0 Å². The highest BCUT2D eigenvalue weighted by atomic mass is 16.5. The summed E-state index contributed by atoms with van der Waals surface area (Å²) >= 11 is 0. The van der Waals surface area contributed by atoms with E-state index in [2.05, 4.69) is 5.16 Å². The van der Waals surface area contributed by atoms with Gasteiger partial charge in [0.1, 0.15) is 11.4 Å². The normalized spacial score (nSPS) is 11.6.